The number of ether oxygens (including phenoxy) is 1. The van der Waals surface area contributed by atoms with Crippen LogP contribution in [0, 0.1) is 0 Å². The molecule has 2 aromatic rings. The van der Waals surface area contributed by atoms with Gasteiger partial charge in [-0.1, -0.05) is 6.07 Å². The van der Waals surface area contributed by atoms with E-state index in [1.165, 1.54) is 5.56 Å². The van der Waals surface area contributed by atoms with Crippen LogP contribution in [0.3, 0.4) is 0 Å². The number of nitrogens with zero attached hydrogens (tertiary/aromatic N) is 1. The number of aliphatic hydroxyl groups excluding tert-OH is 1. The summed E-state index contributed by atoms with van der Waals surface area (Å²) in [6, 6.07) is 12.6. The summed E-state index contributed by atoms with van der Waals surface area (Å²) in [4.78, 5) is 1.95. The number of rotatable bonds is 7. The lowest BCUT2D eigenvalue weighted by atomic mass is 9.93. The van der Waals surface area contributed by atoms with Crippen LogP contribution in [0.25, 0.3) is 0 Å². The first-order chi connectivity index (χ1) is 13.0. The molecule has 1 heterocycles. The molecule has 146 valence electrons. The lowest BCUT2D eigenvalue weighted by molar-refractivity contribution is 0.0843. The second-order valence-corrected chi connectivity index (χ2v) is 7.10. The Balaban J connectivity index is 1.81. The van der Waals surface area contributed by atoms with E-state index in [-0.39, 0.29) is 12.6 Å². The molecule has 0 amide bonds. The van der Waals surface area contributed by atoms with E-state index in [4.69, 9.17) is 4.74 Å². The second kappa shape index (κ2) is 8.48. The fraction of sp³-hybridized carbons (Fsp3) is 0.429. The van der Waals surface area contributed by atoms with E-state index in [0.29, 0.717) is 5.75 Å². The summed E-state index contributed by atoms with van der Waals surface area (Å²) in [6.45, 7) is -0.874. The zero-order chi connectivity index (χ0) is 19.4. The highest BCUT2D eigenvalue weighted by molar-refractivity contribution is 5.63. The van der Waals surface area contributed by atoms with Crippen LogP contribution in [0.2, 0.25) is 0 Å². The summed E-state index contributed by atoms with van der Waals surface area (Å²) in [5, 5.41) is 16.3. The standard InChI is InChI=1S/C21H28FN3O2/c1-23-16-6-8-19-14(10-16)4-7-18(24-19)15-5-9-20(25(2)3)21(11-15)27-13-17(26)12-22/h5-6,8-11,17-18,23-24,26H,4,7,12-13H2,1-3H3. The smallest absolute Gasteiger partial charge is 0.143 e. The summed E-state index contributed by atoms with van der Waals surface area (Å²) in [6.07, 6.45) is 0.868. The zero-order valence-electron chi connectivity index (χ0n) is 16.1. The van der Waals surface area contributed by atoms with E-state index in [9.17, 15) is 9.50 Å². The lowest BCUT2D eigenvalue weighted by Gasteiger charge is -2.29. The van der Waals surface area contributed by atoms with E-state index >= 15 is 0 Å². The van der Waals surface area contributed by atoms with Crippen molar-refractivity contribution in [2.75, 3.05) is 50.0 Å². The van der Waals surface area contributed by atoms with Crippen LogP contribution in [-0.4, -0.2) is 45.6 Å². The molecule has 0 saturated heterocycles. The van der Waals surface area contributed by atoms with Crippen molar-refractivity contribution in [3.63, 3.8) is 0 Å². The van der Waals surface area contributed by atoms with Crippen LogP contribution in [-0.2, 0) is 6.42 Å². The molecular weight excluding hydrogens is 345 g/mol. The Morgan fingerprint density at radius 2 is 2.11 bits per heavy atom. The van der Waals surface area contributed by atoms with Crippen LogP contribution >= 0.6 is 0 Å². The van der Waals surface area contributed by atoms with Gasteiger partial charge in [0.15, 0.2) is 0 Å². The van der Waals surface area contributed by atoms with Gasteiger partial charge in [-0.05, 0) is 54.3 Å². The summed E-state index contributed by atoms with van der Waals surface area (Å²) >= 11 is 0. The van der Waals surface area contributed by atoms with Gasteiger partial charge >= 0.3 is 0 Å². The van der Waals surface area contributed by atoms with Crippen molar-refractivity contribution in [3.05, 3.63) is 47.5 Å². The number of aliphatic hydroxyl groups is 1. The van der Waals surface area contributed by atoms with Crippen molar-refractivity contribution in [3.8, 4) is 5.75 Å². The zero-order valence-corrected chi connectivity index (χ0v) is 16.1. The van der Waals surface area contributed by atoms with Gasteiger partial charge < -0.3 is 25.4 Å². The minimum Gasteiger partial charge on any atom is -0.489 e. The predicted octanol–water partition coefficient (Wildman–Crippen LogP) is 3.60. The molecule has 0 aromatic heterocycles. The van der Waals surface area contributed by atoms with E-state index in [1.54, 1.807) is 0 Å². The molecule has 2 atom stereocenters. The molecule has 3 N–H and O–H groups in total. The molecule has 0 radical (unpaired) electrons. The van der Waals surface area contributed by atoms with Crippen molar-refractivity contribution in [2.45, 2.75) is 25.0 Å². The summed E-state index contributed by atoms with van der Waals surface area (Å²) in [5.74, 6) is 0.656. The van der Waals surface area contributed by atoms with Crippen LogP contribution in [0.15, 0.2) is 36.4 Å². The van der Waals surface area contributed by atoms with Crippen molar-refractivity contribution in [2.24, 2.45) is 0 Å². The van der Waals surface area contributed by atoms with Gasteiger partial charge in [0.2, 0.25) is 0 Å². The normalized spacial score (nSPS) is 16.9. The minimum absolute atomic E-state index is 0.0610. The van der Waals surface area contributed by atoms with Crippen molar-refractivity contribution >= 4 is 17.1 Å². The van der Waals surface area contributed by atoms with Crippen molar-refractivity contribution in [1.29, 1.82) is 0 Å². The largest absolute Gasteiger partial charge is 0.489 e. The first-order valence-electron chi connectivity index (χ1n) is 9.27. The molecule has 5 nitrogen and oxygen atoms in total. The second-order valence-electron chi connectivity index (χ2n) is 7.10. The molecular formula is C21H28FN3O2. The predicted molar refractivity (Wildman–Crippen MR) is 109 cm³/mol. The Labute approximate surface area is 160 Å². The molecule has 0 fully saturated rings. The Kier molecular flexibility index (Phi) is 6.06. The number of aryl methyl sites for hydroxylation is 1. The van der Waals surface area contributed by atoms with Crippen molar-refractivity contribution < 1.29 is 14.2 Å². The van der Waals surface area contributed by atoms with Crippen LogP contribution in [0.4, 0.5) is 21.5 Å². The van der Waals surface area contributed by atoms with Crippen molar-refractivity contribution in [1.82, 2.24) is 0 Å². The number of hydrogen-bond acceptors (Lipinski definition) is 5. The van der Waals surface area contributed by atoms with Gasteiger partial charge in [0.1, 0.15) is 25.1 Å². The van der Waals surface area contributed by atoms with Gasteiger partial charge in [0, 0.05) is 32.5 Å². The van der Waals surface area contributed by atoms with Gasteiger partial charge in [-0.3, -0.25) is 0 Å². The summed E-state index contributed by atoms with van der Waals surface area (Å²) in [7, 11) is 5.79. The van der Waals surface area contributed by atoms with E-state index in [1.807, 2.05) is 38.2 Å². The molecule has 6 heteroatoms. The highest BCUT2D eigenvalue weighted by Gasteiger charge is 2.21. The Morgan fingerprint density at radius 3 is 2.81 bits per heavy atom. The van der Waals surface area contributed by atoms with E-state index in [0.717, 1.165) is 35.5 Å². The van der Waals surface area contributed by atoms with Gasteiger partial charge in [0.05, 0.1) is 11.7 Å². The third-order valence-corrected chi connectivity index (χ3v) is 4.90. The topological polar surface area (TPSA) is 56.8 Å². The number of nitrogens with one attached hydrogen (secondary N) is 2. The van der Waals surface area contributed by atoms with Crippen LogP contribution < -0.4 is 20.3 Å². The van der Waals surface area contributed by atoms with Gasteiger partial charge in [-0.15, -0.1) is 0 Å². The average Bonchev–Trinajstić information content (AvgIpc) is 2.70. The number of benzene rings is 2. The third kappa shape index (κ3) is 4.45. The van der Waals surface area contributed by atoms with Gasteiger partial charge in [0.25, 0.3) is 0 Å². The van der Waals surface area contributed by atoms with Gasteiger partial charge in [-0.2, -0.15) is 0 Å². The molecule has 0 aliphatic carbocycles. The first kappa shape index (κ1) is 19.3. The van der Waals surface area contributed by atoms with Crippen LogP contribution in [0.1, 0.15) is 23.6 Å². The Bertz CT molecular complexity index is 782. The summed E-state index contributed by atoms with van der Waals surface area (Å²) < 4.78 is 18.3. The fourth-order valence-corrected chi connectivity index (χ4v) is 3.37. The molecule has 0 saturated carbocycles. The maximum atomic E-state index is 12.6. The van der Waals surface area contributed by atoms with E-state index < -0.39 is 12.8 Å². The Hall–Kier alpha value is -2.47. The average molecular weight is 373 g/mol. The Morgan fingerprint density at radius 1 is 1.30 bits per heavy atom. The molecule has 1 aliphatic heterocycles. The van der Waals surface area contributed by atoms with E-state index in [2.05, 4.69) is 34.9 Å². The quantitative estimate of drug-likeness (QED) is 0.692. The number of alkyl halides is 1. The molecule has 2 unspecified atom stereocenters. The van der Waals surface area contributed by atoms with Gasteiger partial charge in [-0.25, -0.2) is 4.39 Å². The highest BCUT2D eigenvalue weighted by Crippen LogP contribution is 2.37. The maximum Gasteiger partial charge on any atom is 0.143 e. The highest BCUT2D eigenvalue weighted by atomic mass is 19.1. The molecule has 3 rings (SSSR count). The fourth-order valence-electron chi connectivity index (χ4n) is 3.37. The molecule has 27 heavy (non-hydrogen) atoms. The molecule has 1 aliphatic rings. The SMILES string of the molecule is CNc1ccc2c(c1)CCC(c1ccc(N(C)C)c(OCC(O)CF)c1)N2. The van der Waals surface area contributed by atoms with Crippen LogP contribution in [0.5, 0.6) is 5.75 Å². The maximum absolute atomic E-state index is 12.6. The number of halogens is 1. The minimum atomic E-state index is -1.11. The summed E-state index contributed by atoms with van der Waals surface area (Å²) in [5.41, 5.74) is 5.60. The number of anilines is 3. The third-order valence-electron chi connectivity index (χ3n) is 4.90. The number of hydrogen-bond donors (Lipinski definition) is 3. The number of fused-ring (bicyclic) bond motifs is 1. The molecule has 0 spiro atoms. The monoisotopic (exact) mass is 373 g/mol. The molecule has 0 bridgehead atoms. The molecule has 2 aromatic carbocycles. The lowest BCUT2D eigenvalue weighted by Crippen LogP contribution is -2.21. The first-order valence-corrected chi connectivity index (χ1v) is 9.27.